The van der Waals surface area contributed by atoms with Crippen LogP contribution in [0.4, 0.5) is 0 Å². The van der Waals surface area contributed by atoms with Gasteiger partial charge in [-0.1, -0.05) is 23.2 Å². The van der Waals surface area contributed by atoms with Crippen molar-refractivity contribution >= 4 is 46.9 Å². The first kappa shape index (κ1) is 11.5. The fourth-order valence-corrected chi connectivity index (χ4v) is 2.09. The fraction of sp³-hybridized carbons (Fsp3) is 0.200. The van der Waals surface area contributed by atoms with E-state index < -0.39 is 0 Å². The molecular weight excluding hydrogens is 226 g/mol. The molecule has 2 nitrogen and oxygen atoms in total. The summed E-state index contributed by atoms with van der Waals surface area (Å²) >= 11 is 12.8. The summed E-state index contributed by atoms with van der Waals surface area (Å²) in [6, 6.07) is 1.80. The highest BCUT2D eigenvalue weighted by molar-refractivity contribution is 7.20. The van der Waals surface area contributed by atoms with Gasteiger partial charge in [-0.25, -0.2) is 0 Å². The number of nitrogens with two attached hydrogens (primary N) is 1. The maximum Gasteiger partial charge on any atom is 0.0989 e. The highest BCUT2D eigenvalue weighted by Crippen LogP contribution is 2.30. The van der Waals surface area contributed by atoms with E-state index in [0.717, 1.165) is 5.56 Å². The molecular formula is C5H7Cl3N2S. The molecule has 0 aliphatic rings. The van der Waals surface area contributed by atoms with E-state index in [9.17, 15) is 0 Å². The van der Waals surface area contributed by atoms with Crippen LogP contribution in [0.2, 0.25) is 8.67 Å². The molecule has 0 aliphatic carbocycles. The Morgan fingerprint density at radius 3 is 2.55 bits per heavy atom. The third kappa shape index (κ3) is 3.15. The molecule has 0 aliphatic heterocycles. The minimum absolute atomic E-state index is 0. The van der Waals surface area contributed by atoms with E-state index in [2.05, 4.69) is 5.43 Å². The first-order valence-corrected chi connectivity index (χ1v) is 4.18. The lowest BCUT2D eigenvalue weighted by atomic mass is 10.3. The smallest absolute Gasteiger partial charge is 0.0989 e. The Balaban J connectivity index is 0.000001000. The molecule has 0 bridgehead atoms. The fourth-order valence-electron chi connectivity index (χ4n) is 0.605. The lowest BCUT2D eigenvalue weighted by molar-refractivity contribution is 0.744. The molecule has 1 heterocycles. The van der Waals surface area contributed by atoms with Gasteiger partial charge in [-0.15, -0.1) is 23.7 Å². The van der Waals surface area contributed by atoms with E-state index in [4.69, 9.17) is 29.0 Å². The number of nitrogens with one attached hydrogen (secondary N) is 1. The van der Waals surface area contributed by atoms with Gasteiger partial charge in [0.15, 0.2) is 0 Å². The number of rotatable bonds is 2. The predicted octanol–water partition coefficient (Wildman–Crippen LogP) is 2.44. The Labute approximate surface area is 85.1 Å². The van der Waals surface area contributed by atoms with Crippen molar-refractivity contribution in [2.45, 2.75) is 6.54 Å². The minimum Gasteiger partial charge on any atom is -0.271 e. The Morgan fingerprint density at radius 2 is 2.18 bits per heavy atom. The van der Waals surface area contributed by atoms with Gasteiger partial charge in [0.05, 0.1) is 8.67 Å². The number of hydrogen-bond acceptors (Lipinski definition) is 3. The van der Waals surface area contributed by atoms with Crippen LogP contribution in [0.3, 0.4) is 0 Å². The molecule has 1 rings (SSSR count). The zero-order valence-electron chi connectivity index (χ0n) is 5.43. The summed E-state index contributed by atoms with van der Waals surface area (Å²) in [6.45, 7) is 0.558. The van der Waals surface area contributed by atoms with Gasteiger partial charge in [-0.05, 0) is 11.6 Å². The second kappa shape index (κ2) is 5.19. The third-order valence-electron chi connectivity index (χ3n) is 1.02. The second-order valence-corrected chi connectivity index (χ2v) is 4.02. The lowest BCUT2D eigenvalue weighted by Gasteiger charge is -1.93. The molecule has 11 heavy (non-hydrogen) atoms. The molecule has 0 unspecified atom stereocenters. The van der Waals surface area contributed by atoms with E-state index in [1.54, 1.807) is 6.07 Å². The molecule has 0 amide bonds. The second-order valence-electron chi connectivity index (χ2n) is 1.73. The van der Waals surface area contributed by atoms with E-state index in [-0.39, 0.29) is 12.4 Å². The number of hydrogen-bond donors (Lipinski definition) is 2. The van der Waals surface area contributed by atoms with Crippen LogP contribution in [0.25, 0.3) is 0 Å². The molecule has 0 saturated carbocycles. The van der Waals surface area contributed by atoms with E-state index in [1.165, 1.54) is 11.3 Å². The molecule has 0 fully saturated rings. The van der Waals surface area contributed by atoms with E-state index >= 15 is 0 Å². The summed E-state index contributed by atoms with van der Waals surface area (Å²) in [4.78, 5) is 0. The molecule has 3 N–H and O–H groups in total. The van der Waals surface area contributed by atoms with Crippen molar-refractivity contribution in [2.24, 2.45) is 5.84 Å². The van der Waals surface area contributed by atoms with Crippen molar-refractivity contribution in [3.63, 3.8) is 0 Å². The number of halogens is 3. The quantitative estimate of drug-likeness (QED) is 0.608. The Hall–Kier alpha value is 0.490. The van der Waals surface area contributed by atoms with E-state index in [0.29, 0.717) is 15.2 Å². The minimum atomic E-state index is 0. The summed E-state index contributed by atoms with van der Waals surface area (Å²) in [5.74, 6) is 5.09. The van der Waals surface area contributed by atoms with Crippen LogP contribution in [0.1, 0.15) is 5.56 Å². The van der Waals surface area contributed by atoms with Crippen molar-refractivity contribution in [3.8, 4) is 0 Å². The van der Waals surface area contributed by atoms with Gasteiger partial charge in [-0.3, -0.25) is 11.3 Å². The predicted molar refractivity (Wildman–Crippen MR) is 52.6 cm³/mol. The number of hydrazine groups is 1. The molecule has 0 aromatic carbocycles. The largest absolute Gasteiger partial charge is 0.271 e. The first-order chi connectivity index (χ1) is 4.74. The normalized spacial score (nSPS) is 9.36. The summed E-state index contributed by atoms with van der Waals surface area (Å²) in [5.41, 5.74) is 3.45. The Kier molecular flexibility index (Phi) is 5.42. The van der Waals surface area contributed by atoms with Gasteiger partial charge >= 0.3 is 0 Å². The monoisotopic (exact) mass is 232 g/mol. The van der Waals surface area contributed by atoms with Gasteiger partial charge in [0.25, 0.3) is 0 Å². The van der Waals surface area contributed by atoms with Crippen molar-refractivity contribution in [3.05, 3.63) is 20.3 Å². The average Bonchev–Trinajstić information content (AvgIpc) is 2.13. The van der Waals surface area contributed by atoms with Gasteiger partial charge in [0, 0.05) is 6.54 Å². The van der Waals surface area contributed by atoms with Crippen LogP contribution < -0.4 is 11.3 Å². The van der Waals surface area contributed by atoms with Gasteiger partial charge < -0.3 is 0 Å². The van der Waals surface area contributed by atoms with Crippen molar-refractivity contribution in [1.82, 2.24) is 5.43 Å². The highest BCUT2D eigenvalue weighted by Gasteiger charge is 2.03. The van der Waals surface area contributed by atoms with E-state index in [1.807, 2.05) is 0 Å². The van der Waals surface area contributed by atoms with Crippen molar-refractivity contribution in [1.29, 1.82) is 0 Å². The Morgan fingerprint density at radius 1 is 1.55 bits per heavy atom. The van der Waals surface area contributed by atoms with Crippen LogP contribution in [-0.4, -0.2) is 0 Å². The molecule has 1 aromatic rings. The van der Waals surface area contributed by atoms with Gasteiger partial charge in [0.2, 0.25) is 0 Å². The zero-order chi connectivity index (χ0) is 7.56. The molecule has 0 radical (unpaired) electrons. The third-order valence-corrected chi connectivity index (χ3v) is 2.59. The van der Waals surface area contributed by atoms with Crippen molar-refractivity contribution < 1.29 is 0 Å². The molecule has 6 heteroatoms. The van der Waals surface area contributed by atoms with Crippen LogP contribution in [0.5, 0.6) is 0 Å². The zero-order valence-corrected chi connectivity index (χ0v) is 8.58. The SMILES string of the molecule is Cl.NNCc1cc(Cl)sc1Cl. The highest BCUT2D eigenvalue weighted by atomic mass is 35.5. The van der Waals surface area contributed by atoms with Crippen LogP contribution >= 0.6 is 46.9 Å². The standard InChI is InChI=1S/C5H6Cl2N2S.ClH/c6-4-1-3(2-9-8)5(7)10-4;/h1,9H,2,8H2;1H. The first-order valence-electron chi connectivity index (χ1n) is 2.61. The molecule has 1 aromatic heterocycles. The summed E-state index contributed by atoms with van der Waals surface area (Å²) in [7, 11) is 0. The number of thiophene rings is 1. The lowest BCUT2D eigenvalue weighted by Crippen LogP contribution is -2.20. The van der Waals surface area contributed by atoms with Gasteiger partial charge in [0.1, 0.15) is 0 Å². The molecule has 0 atom stereocenters. The summed E-state index contributed by atoms with van der Waals surface area (Å²) in [6.07, 6.45) is 0. The molecule has 0 spiro atoms. The average molecular weight is 234 g/mol. The summed E-state index contributed by atoms with van der Waals surface area (Å²) < 4.78 is 1.39. The van der Waals surface area contributed by atoms with Crippen LogP contribution in [-0.2, 0) is 6.54 Å². The topological polar surface area (TPSA) is 38.0 Å². The van der Waals surface area contributed by atoms with Gasteiger partial charge in [-0.2, -0.15) is 0 Å². The Bertz CT molecular complexity index is 226. The van der Waals surface area contributed by atoms with Crippen LogP contribution in [0, 0.1) is 0 Å². The maximum atomic E-state index is 5.76. The van der Waals surface area contributed by atoms with Crippen LogP contribution in [0.15, 0.2) is 6.07 Å². The summed E-state index contributed by atoms with van der Waals surface area (Å²) in [5, 5.41) is 0. The molecule has 64 valence electrons. The van der Waals surface area contributed by atoms with Crippen molar-refractivity contribution in [2.75, 3.05) is 0 Å². The maximum absolute atomic E-state index is 5.76. The molecule has 0 saturated heterocycles.